The Labute approximate surface area is 94.7 Å². The molecule has 88 valence electrons. The quantitative estimate of drug-likeness (QED) is 0.717. The van der Waals surface area contributed by atoms with E-state index in [1.54, 1.807) is 0 Å². The van der Waals surface area contributed by atoms with Crippen molar-refractivity contribution < 1.29 is 0 Å². The average molecular weight is 210 g/mol. The fourth-order valence-electron chi connectivity index (χ4n) is 2.22. The van der Waals surface area contributed by atoms with Crippen LogP contribution in [0.15, 0.2) is 12.2 Å². The molecule has 2 unspecified atom stereocenters. The van der Waals surface area contributed by atoms with Crippen LogP contribution in [0.4, 0.5) is 0 Å². The minimum Gasteiger partial charge on any atom is -0.309 e. The summed E-state index contributed by atoms with van der Waals surface area (Å²) in [6.07, 6.45) is 6.86. The topological polar surface area (TPSA) is 15.3 Å². The molecule has 0 aromatic heterocycles. The Kier molecular flexibility index (Phi) is 4.81. The number of piperazine rings is 1. The lowest BCUT2D eigenvalue weighted by molar-refractivity contribution is 0.0933. The van der Waals surface area contributed by atoms with Gasteiger partial charge in [0.25, 0.3) is 0 Å². The summed E-state index contributed by atoms with van der Waals surface area (Å²) in [6, 6.07) is 0.709. The Balaban J connectivity index is 2.60. The first-order valence-corrected chi connectivity index (χ1v) is 6.25. The fourth-order valence-corrected chi connectivity index (χ4v) is 2.22. The first kappa shape index (κ1) is 12.7. The maximum atomic E-state index is 3.69. The Hall–Kier alpha value is -0.340. The zero-order valence-electron chi connectivity index (χ0n) is 10.7. The first-order valence-electron chi connectivity index (χ1n) is 6.25. The largest absolute Gasteiger partial charge is 0.309 e. The number of hydrogen-bond acceptors (Lipinski definition) is 2. The summed E-state index contributed by atoms with van der Waals surface area (Å²) in [5.74, 6) is 0. The van der Waals surface area contributed by atoms with E-state index >= 15 is 0 Å². The van der Waals surface area contributed by atoms with Gasteiger partial charge in [0.2, 0.25) is 0 Å². The van der Waals surface area contributed by atoms with Crippen LogP contribution in [-0.2, 0) is 0 Å². The van der Waals surface area contributed by atoms with Gasteiger partial charge in [0, 0.05) is 31.2 Å². The summed E-state index contributed by atoms with van der Waals surface area (Å²) in [5.41, 5.74) is 0.313. The van der Waals surface area contributed by atoms with Crippen molar-refractivity contribution in [2.75, 3.05) is 19.6 Å². The number of nitrogens with zero attached hydrogens (tertiary/aromatic N) is 1. The molecule has 2 atom stereocenters. The zero-order chi connectivity index (χ0) is 11.3. The molecule has 1 heterocycles. The van der Waals surface area contributed by atoms with Crippen LogP contribution in [0.1, 0.15) is 40.5 Å². The van der Waals surface area contributed by atoms with Crippen molar-refractivity contribution >= 4 is 0 Å². The highest BCUT2D eigenvalue weighted by atomic mass is 15.2. The molecule has 15 heavy (non-hydrogen) atoms. The molecule has 2 nitrogen and oxygen atoms in total. The smallest absolute Gasteiger partial charge is 0.0278 e. The second-order valence-electron chi connectivity index (χ2n) is 4.86. The van der Waals surface area contributed by atoms with E-state index in [0.717, 1.165) is 13.1 Å². The number of rotatable bonds is 4. The molecule has 1 rings (SSSR count). The predicted molar refractivity (Wildman–Crippen MR) is 67.2 cm³/mol. The highest BCUT2D eigenvalue weighted by Crippen LogP contribution is 2.20. The van der Waals surface area contributed by atoms with Crippen LogP contribution in [0.5, 0.6) is 0 Å². The van der Waals surface area contributed by atoms with Gasteiger partial charge in [-0.05, 0) is 26.7 Å². The standard InChI is InChI=1S/C13H26N2/c1-5-8-9-15-11-13(4,7-3)14-10-12(15)6-2/h5,8,12,14H,6-7,9-11H2,1-4H3/b8-5+. The van der Waals surface area contributed by atoms with Crippen molar-refractivity contribution in [3.05, 3.63) is 12.2 Å². The van der Waals surface area contributed by atoms with Crippen LogP contribution >= 0.6 is 0 Å². The van der Waals surface area contributed by atoms with Gasteiger partial charge in [-0.25, -0.2) is 0 Å². The van der Waals surface area contributed by atoms with E-state index in [-0.39, 0.29) is 0 Å². The predicted octanol–water partition coefficient (Wildman–Crippen LogP) is 2.42. The van der Waals surface area contributed by atoms with Crippen LogP contribution in [0.25, 0.3) is 0 Å². The Morgan fingerprint density at radius 1 is 1.47 bits per heavy atom. The van der Waals surface area contributed by atoms with E-state index in [1.807, 2.05) is 0 Å². The maximum Gasteiger partial charge on any atom is 0.0278 e. The highest BCUT2D eigenvalue weighted by Gasteiger charge is 2.32. The molecular weight excluding hydrogens is 184 g/mol. The van der Waals surface area contributed by atoms with Gasteiger partial charge in [0.05, 0.1) is 0 Å². The third-order valence-corrected chi connectivity index (χ3v) is 3.66. The van der Waals surface area contributed by atoms with Gasteiger partial charge in [-0.3, -0.25) is 4.90 Å². The summed E-state index contributed by atoms with van der Waals surface area (Å²) in [6.45, 7) is 12.4. The Bertz CT molecular complexity index is 213. The molecular formula is C13H26N2. The zero-order valence-corrected chi connectivity index (χ0v) is 10.7. The van der Waals surface area contributed by atoms with Crippen LogP contribution in [0.3, 0.4) is 0 Å². The number of nitrogens with one attached hydrogen (secondary N) is 1. The van der Waals surface area contributed by atoms with Crippen LogP contribution in [0.2, 0.25) is 0 Å². The van der Waals surface area contributed by atoms with E-state index < -0.39 is 0 Å². The SMILES string of the molecule is C/C=C/CN1CC(C)(CC)NCC1CC. The van der Waals surface area contributed by atoms with E-state index in [9.17, 15) is 0 Å². The summed E-state index contributed by atoms with van der Waals surface area (Å²) >= 11 is 0. The first-order chi connectivity index (χ1) is 7.15. The molecule has 0 aliphatic carbocycles. The molecule has 0 bridgehead atoms. The minimum atomic E-state index is 0.313. The van der Waals surface area contributed by atoms with Crippen LogP contribution < -0.4 is 5.32 Å². The third-order valence-electron chi connectivity index (χ3n) is 3.66. The number of allylic oxidation sites excluding steroid dienone is 1. The fraction of sp³-hybridized carbons (Fsp3) is 0.846. The van der Waals surface area contributed by atoms with E-state index in [0.29, 0.717) is 11.6 Å². The highest BCUT2D eigenvalue weighted by molar-refractivity contribution is 4.96. The maximum absolute atomic E-state index is 3.69. The normalized spacial score (nSPS) is 33.7. The van der Waals surface area contributed by atoms with Gasteiger partial charge in [-0.2, -0.15) is 0 Å². The van der Waals surface area contributed by atoms with E-state index in [2.05, 4.69) is 50.1 Å². The van der Waals surface area contributed by atoms with Gasteiger partial charge >= 0.3 is 0 Å². The third kappa shape index (κ3) is 3.32. The molecule has 0 amide bonds. The van der Waals surface area contributed by atoms with Crippen molar-refractivity contribution in [3.63, 3.8) is 0 Å². The minimum absolute atomic E-state index is 0.313. The average Bonchev–Trinajstić information content (AvgIpc) is 2.26. The van der Waals surface area contributed by atoms with Gasteiger partial charge in [-0.1, -0.05) is 26.0 Å². The molecule has 1 N–H and O–H groups in total. The lowest BCUT2D eigenvalue weighted by atomic mass is 9.93. The van der Waals surface area contributed by atoms with Gasteiger partial charge in [0.15, 0.2) is 0 Å². The second-order valence-corrected chi connectivity index (χ2v) is 4.86. The number of hydrogen-bond donors (Lipinski definition) is 1. The molecule has 1 fully saturated rings. The van der Waals surface area contributed by atoms with Crippen LogP contribution in [-0.4, -0.2) is 36.1 Å². The van der Waals surface area contributed by atoms with E-state index in [4.69, 9.17) is 0 Å². The van der Waals surface area contributed by atoms with Crippen molar-refractivity contribution in [1.29, 1.82) is 0 Å². The molecule has 0 aromatic carbocycles. The molecule has 1 aliphatic heterocycles. The van der Waals surface area contributed by atoms with Crippen molar-refractivity contribution in [2.24, 2.45) is 0 Å². The second kappa shape index (κ2) is 5.66. The lowest BCUT2D eigenvalue weighted by Gasteiger charge is -2.45. The molecule has 0 saturated carbocycles. The summed E-state index contributed by atoms with van der Waals surface area (Å²) in [5, 5.41) is 3.69. The van der Waals surface area contributed by atoms with Gasteiger partial charge in [0.1, 0.15) is 0 Å². The Morgan fingerprint density at radius 2 is 2.20 bits per heavy atom. The molecule has 0 spiro atoms. The molecule has 1 aliphatic rings. The van der Waals surface area contributed by atoms with Crippen molar-refractivity contribution in [3.8, 4) is 0 Å². The van der Waals surface area contributed by atoms with Crippen molar-refractivity contribution in [2.45, 2.75) is 52.1 Å². The van der Waals surface area contributed by atoms with Crippen molar-refractivity contribution in [1.82, 2.24) is 10.2 Å². The molecule has 2 heteroatoms. The van der Waals surface area contributed by atoms with Gasteiger partial charge < -0.3 is 5.32 Å². The Morgan fingerprint density at radius 3 is 2.73 bits per heavy atom. The van der Waals surface area contributed by atoms with Crippen LogP contribution in [0, 0.1) is 0 Å². The monoisotopic (exact) mass is 210 g/mol. The molecule has 1 saturated heterocycles. The molecule has 0 radical (unpaired) electrons. The van der Waals surface area contributed by atoms with E-state index in [1.165, 1.54) is 19.4 Å². The molecule has 0 aromatic rings. The van der Waals surface area contributed by atoms with Gasteiger partial charge in [-0.15, -0.1) is 0 Å². The summed E-state index contributed by atoms with van der Waals surface area (Å²) in [4.78, 5) is 2.61. The summed E-state index contributed by atoms with van der Waals surface area (Å²) < 4.78 is 0. The summed E-state index contributed by atoms with van der Waals surface area (Å²) in [7, 11) is 0. The lowest BCUT2D eigenvalue weighted by Crippen LogP contribution is -2.62.